The summed E-state index contributed by atoms with van der Waals surface area (Å²) in [6.45, 7) is 1.80. The van der Waals surface area contributed by atoms with Crippen LogP contribution < -0.4 is 5.32 Å². The molecule has 0 bridgehead atoms. The first kappa shape index (κ1) is 12.9. The van der Waals surface area contributed by atoms with Gasteiger partial charge < -0.3 is 5.32 Å². The molecule has 0 radical (unpaired) electrons. The van der Waals surface area contributed by atoms with Gasteiger partial charge in [-0.15, -0.1) is 11.3 Å². The molecule has 1 aromatic carbocycles. The van der Waals surface area contributed by atoms with Gasteiger partial charge in [-0.2, -0.15) is 0 Å². The van der Waals surface area contributed by atoms with Gasteiger partial charge in [-0.3, -0.25) is 0 Å². The molecule has 1 N–H and O–H groups in total. The van der Waals surface area contributed by atoms with Crippen molar-refractivity contribution >= 4 is 27.4 Å². The molecule has 3 aromatic rings. The number of hydrogen-bond acceptors (Lipinski definition) is 4. The average Bonchev–Trinajstić information content (AvgIpc) is 2.87. The zero-order valence-corrected chi connectivity index (χ0v) is 11.4. The molecule has 0 aliphatic heterocycles. The number of aromatic nitrogens is 2. The van der Waals surface area contributed by atoms with Crippen molar-refractivity contribution < 1.29 is 8.78 Å². The molecule has 3 rings (SSSR count). The van der Waals surface area contributed by atoms with E-state index >= 15 is 0 Å². The number of anilines is 1. The summed E-state index contributed by atoms with van der Waals surface area (Å²) in [6.07, 6.45) is 1.47. The maximum absolute atomic E-state index is 13.7. The van der Waals surface area contributed by atoms with E-state index < -0.39 is 11.6 Å². The largest absolute Gasteiger partial charge is 0.363 e. The van der Waals surface area contributed by atoms with Crippen LogP contribution in [-0.4, -0.2) is 9.97 Å². The Kier molecular flexibility index (Phi) is 3.31. The van der Waals surface area contributed by atoms with E-state index in [0.717, 1.165) is 16.3 Å². The van der Waals surface area contributed by atoms with E-state index in [1.54, 1.807) is 6.92 Å². The van der Waals surface area contributed by atoms with Crippen LogP contribution in [0.3, 0.4) is 0 Å². The van der Waals surface area contributed by atoms with Crippen LogP contribution in [0, 0.1) is 11.6 Å². The topological polar surface area (TPSA) is 37.8 Å². The lowest BCUT2D eigenvalue weighted by atomic mass is 10.1. The zero-order chi connectivity index (χ0) is 14.1. The van der Waals surface area contributed by atoms with E-state index in [4.69, 9.17) is 0 Å². The predicted molar refractivity (Wildman–Crippen MR) is 75.8 cm³/mol. The Morgan fingerprint density at radius 2 is 2.05 bits per heavy atom. The van der Waals surface area contributed by atoms with Crippen molar-refractivity contribution in [3.05, 3.63) is 53.2 Å². The van der Waals surface area contributed by atoms with Crippen LogP contribution in [0.5, 0.6) is 0 Å². The summed E-state index contributed by atoms with van der Waals surface area (Å²) < 4.78 is 26.7. The number of halogens is 2. The number of rotatable bonds is 3. The Hall–Kier alpha value is -2.08. The van der Waals surface area contributed by atoms with E-state index in [0.29, 0.717) is 11.4 Å². The van der Waals surface area contributed by atoms with E-state index in [-0.39, 0.29) is 6.04 Å². The predicted octanol–water partition coefficient (Wildman–Crippen LogP) is 4.14. The van der Waals surface area contributed by atoms with E-state index in [1.807, 2.05) is 11.4 Å². The zero-order valence-electron chi connectivity index (χ0n) is 10.6. The Labute approximate surface area is 118 Å². The molecule has 1 unspecified atom stereocenters. The molecular formula is C14H11F2N3S. The van der Waals surface area contributed by atoms with Gasteiger partial charge in [0, 0.05) is 11.6 Å². The summed E-state index contributed by atoms with van der Waals surface area (Å²) in [5.41, 5.74) is 0.397. The van der Waals surface area contributed by atoms with Crippen molar-refractivity contribution in [1.29, 1.82) is 0 Å². The molecule has 0 aliphatic carbocycles. The number of thiophene rings is 1. The molecule has 0 amide bonds. The van der Waals surface area contributed by atoms with Gasteiger partial charge in [-0.05, 0) is 24.4 Å². The molecule has 6 heteroatoms. The summed E-state index contributed by atoms with van der Waals surface area (Å²) in [5, 5.41) is 5.96. The third-order valence-electron chi connectivity index (χ3n) is 3.04. The molecule has 0 saturated heterocycles. The fraction of sp³-hybridized carbons (Fsp3) is 0.143. The fourth-order valence-electron chi connectivity index (χ4n) is 2.04. The van der Waals surface area contributed by atoms with Crippen LogP contribution in [0.4, 0.5) is 14.6 Å². The molecule has 2 aromatic heterocycles. The Bertz CT molecular complexity index is 757. The molecule has 0 aliphatic rings. The van der Waals surface area contributed by atoms with E-state index in [1.165, 1.54) is 29.8 Å². The normalized spacial score (nSPS) is 12.6. The van der Waals surface area contributed by atoms with Gasteiger partial charge in [0.15, 0.2) is 0 Å². The molecule has 0 saturated carbocycles. The van der Waals surface area contributed by atoms with E-state index in [2.05, 4.69) is 15.3 Å². The maximum atomic E-state index is 13.7. The third-order valence-corrected chi connectivity index (χ3v) is 3.86. The first-order valence-electron chi connectivity index (χ1n) is 6.05. The van der Waals surface area contributed by atoms with Gasteiger partial charge in [0.05, 0.1) is 11.4 Å². The summed E-state index contributed by atoms with van der Waals surface area (Å²) >= 11 is 1.51. The molecule has 0 spiro atoms. The number of hydrogen-bond donors (Lipinski definition) is 1. The summed E-state index contributed by atoms with van der Waals surface area (Å²) in [7, 11) is 0. The number of nitrogens with one attached hydrogen (secondary N) is 1. The molecule has 20 heavy (non-hydrogen) atoms. The van der Waals surface area contributed by atoms with Crippen molar-refractivity contribution in [2.45, 2.75) is 13.0 Å². The van der Waals surface area contributed by atoms with Crippen LogP contribution in [0.1, 0.15) is 18.5 Å². The Morgan fingerprint density at radius 3 is 2.85 bits per heavy atom. The van der Waals surface area contributed by atoms with Crippen molar-refractivity contribution in [1.82, 2.24) is 9.97 Å². The SMILES string of the molecule is CC(Nc1ncnc2sccc12)c1ccc(F)cc1F. The number of fused-ring (bicyclic) bond motifs is 1. The molecule has 3 nitrogen and oxygen atoms in total. The summed E-state index contributed by atoms with van der Waals surface area (Å²) in [4.78, 5) is 9.20. The van der Waals surface area contributed by atoms with Gasteiger partial charge in [0.1, 0.15) is 28.6 Å². The van der Waals surface area contributed by atoms with Crippen LogP contribution in [-0.2, 0) is 0 Å². The Morgan fingerprint density at radius 1 is 1.20 bits per heavy atom. The molecule has 1 atom stereocenters. The van der Waals surface area contributed by atoms with Crippen LogP contribution in [0.25, 0.3) is 10.2 Å². The van der Waals surface area contributed by atoms with Gasteiger partial charge in [-0.25, -0.2) is 18.7 Å². The third kappa shape index (κ3) is 2.34. The van der Waals surface area contributed by atoms with Crippen LogP contribution >= 0.6 is 11.3 Å². The minimum atomic E-state index is -0.583. The minimum Gasteiger partial charge on any atom is -0.363 e. The van der Waals surface area contributed by atoms with Gasteiger partial charge >= 0.3 is 0 Å². The van der Waals surface area contributed by atoms with Crippen LogP contribution in [0.2, 0.25) is 0 Å². The smallest absolute Gasteiger partial charge is 0.138 e. The van der Waals surface area contributed by atoms with Crippen molar-refractivity contribution in [3.8, 4) is 0 Å². The second-order valence-corrected chi connectivity index (χ2v) is 5.29. The first-order valence-corrected chi connectivity index (χ1v) is 6.93. The lowest BCUT2D eigenvalue weighted by molar-refractivity contribution is 0.566. The second-order valence-electron chi connectivity index (χ2n) is 4.39. The standard InChI is InChI=1S/C14H11F2N3S/c1-8(10-3-2-9(15)6-12(10)16)19-13-11-4-5-20-14(11)18-7-17-13/h2-8H,1H3,(H,17,18,19). The first-order chi connectivity index (χ1) is 9.65. The van der Waals surface area contributed by atoms with Crippen molar-refractivity contribution in [2.24, 2.45) is 0 Å². The quantitative estimate of drug-likeness (QED) is 0.788. The molecular weight excluding hydrogens is 280 g/mol. The molecule has 2 heterocycles. The highest BCUT2D eigenvalue weighted by atomic mass is 32.1. The minimum absolute atomic E-state index is 0.325. The Balaban J connectivity index is 1.92. The van der Waals surface area contributed by atoms with Crippen molar-refractivity contribution in [2.75, 3.05) is 5.32 Å². The highest BCUT2D eigenvalue weighted by Gasteiger charge is 2.14. The summed E-state index contributed by atoms with van der Waals surface area (Å²) in [6, 6.07) is 5.16. The monoisotopic (exact) mass is 291 g/mol. The van der Waals surface area contributed by atoms with Crippen LogP contribution in [0.15, 0.2) is 36.0 Å². The highest BCUT2D eigenvalue weighted by Crippen LogP contribution is 2.27. The van der Waals surface area contributed by atoms with E-state index in [9.17, 15) is 8.78 Å². The lowest BCUT2D eigenvalue weighted by Crippen LogP contribution is -2.10. The molecule has 0 fully saturated rings. The second kappa shape index (κ2) is 5.13. The van der Waals surface area contributed by atoms with Gasteiger partial charge in [-0.1, -0.05) is 6.07 Å². The van der Waals surface area contributed by atoms with Gasteiger partial charge in [0.25, 0.3) is 0 Å². The highest BCUT2D eigenvalue weighted by molar-refractivity contribution is 7.16. The average molecular weight is 291 g/mol. The summed E-state index contributed by atoms with van der Waals surface area (Å²) in [5.74, 6) is -0.506. The lowest BCUT2D eigenvalue weighted by Gasteiger charge is -2.16. The molecule has 102 valence electrons. The maximum Gasteiger partial charge on any atom is 0.138 e. The van der Waals surface area contributed by atoms with Gasteiger partial charge in [0.2, 0.25) is 0 Å². The fourth-order valence-corrected chi connectivity index (χ4v) is 2.77. The number of nitrogens with zero attached hydrogens (tertiary/aromatic N) is 2. The van der Waals surface area contributed by atoms with Crippen molar-refractivity contribution in [3.63, 3.8) is 0 Å². The number of benzene rings is 1.